The first-order chi connectivity index (χ1) is 8.69. The molecule has 1 N–H and O–H groups in total. The van der Waals surface area contributed by atoms with E-state index in [1.807, 2.05) is 0 Å². The van der Waals surface area contributed by atoms with Crippen molar-refractivity contribution in [3.05, 3.63) is 34.1 Å². The quantitative estimate of drug-likeness (QED) is 0.825. The largest absolute Gasteiger partial charge is 0.314 e. The lowest BCUT2D eigenvalue weighted by atomic mass is 9.80. The van der Waals surface area contributed by atoms with Crippen LogP contribution in [0.5, 0.6) is 0 Å². The normalized spacial score (nSPS) is 17.5. The molecule has 18 heavy (non-hydrogen) atoms. The number of rotatable bonds is 6. The van der Waals surface area contributed by atoms with E-state index in [-0.39, 0.29) is 5.82 Å². The lowest BCUT2D eigenvalue weighted by Crippen LogP contribution is -2.34. The highest BCUT2D eigenvalue weighted by molar-refractivity contribution is 9.10. The van der Waals surface area contributed by atoms with Crippen molar-refractivity contribution in [2.75, 3.05) is 6.54 Å². The number of nitrogens with one attached hydrogen (secondary N) is 1. The molecule has 0 spiro atoms. The summed E-state index contributed by atoms with van der Waals surface area (Å²) in [7, 11) is 0. The van der Waals surface area contributed by atoms with Gasteiger partial charge in [0, 0.05) is 10.5 Å². The number of likely N-dealkylation sites (N-methyl/N-ethyl adjacent to an activating group) is 1. The molecule has 0 bridgehead atoms. The Morgan fingerprint density at radius 1 is 1.44 bits per heavy atom. The van der Waals surface area contributed by atoms with E-state index < -0.39 is 0 Å². The van der Waals surface area contributed by atoms with Crippen molar-refractivity contribution in [3.63, 3.8) is 0 Å². The summed E-state index contributed by atoms with van der Waals surface area (Å²) in [6.45, 7) is 3.11. The lowest BCUT2D eigenvalue weighted by molar-refractivity contribution is 0.260. The van der Waals surface area contributed by atoms with E-state index in [0.29, 0.717) is 6.04 Å². The van der Waals surface area contributed by atoms with Crippen molar-refractivity contribution in [2.45, 2.75) is 45.1 Å². The molecular formula is C15H21BrFN. The molecule has 100 valence electrons. The van der Waals surface area contributed by atoms with Crippen LogP contribution in [-0.2, 0) is 6.42 Å². The van der Waals surface area contributed by atoms with Crippen molar-refractivity contribution < 1.29 is 4.39 Å². The highest BCUT2D eigenvalue weighted by atomic mass is 79.9. The van der Waals surface area contributed by atoms with Gasteiger partial charge in [-0.15, -0.1) is 0 Å². The van der Waals surface area contributed by atoms with Gasteiger partial charge in [-0.05, 0) is 49.1 Å². The van der Waals surface area contributed by atoms with E-state index in [0.717, 1.165) is 28.9 Å². The van der Waals surface area contributed by atoms with Gasteiger partial charge >= 0.3 is 0 Å². The Labute approximate surface area is 117 Å². The maximum Gasteiger partial charge on any atom is 0.123 e. The molecule has 1 saturated carbocycles. The summed E-state index contributed by atoms with van der Waals surface area (Å²) in [6, 6.07) is 5.42. The first-order valence-corrected chi connectivity index (χ1v) is 7.65. The maximum absolute atomic E-state index is 13.3. The molecule has 1 aliphatic rings. The van der Waals surface area contributed by atoms with Gasteiger partial charge in [0.05, 0.1) is 0 Å². The van der Waals surface area contributed by atoms with Crippen LogP contribution < -0.4 is 5.32 Å². The number of hydrogen-bond donors (Lipinski definition) is 1. The molecule has 1 fully saturated rings. The summed E-state index contributed by atoms with van der Waals surface area (Å²) < 4.78 is 14.3. The Kier molecular flexibility index (Phi) is 5.19. The average Bonchev–Trinajstić information content (AvgIpc) is 2.28. The first-order valence-electron chi connectivity index (χ1n) is 6.86. The molecule has 1 atom stereocenters. The number of hydrogen-bond acceptors (Lipinski definition) is 1. The van der Waals surface area contributed by atoms with Gasteiger partial charge in [-0.3, -0.25) is 0 Å². The third-order valence-electron chi connectivity index (χ3n) is 3.81. The fraction of sp³-hybridized carbons (Fsp3) is 0.600. The molecule has 3 heteroatoms. The molecule has 0 aromatic heterocycles. The van der Waals surface area contributed by atoms with Crippen LogP contribution >= 0.6 is 15.9 Å². The van der Waals surface area contributed by atoms with E-state index in [1.54, 1.807) is 12.1 Å². The van der Waals surface area contributed by atoms with Gasteiger partial charge in [0.15, 0.2) is 0 Å². The van der Waals surface area contributed by atoms with Gasteiger partial charge in [-0.25, -0.2) is 4.39 Å². The van der Waals surface area contributed by atoms with E-state index in [1.165, 1.54) is 31.7 Å². The Hall–Kier alpha value is -0.410. The summed E-state index contributed by atoms with van der Waals surface area (Å²) in [4.78, 5) is 0. The maximum atomic E-state index is 13.3. The van der Waals surface area contributed by atoms with Gasteiger partial charge in [-0.1, -0.05) is 42.1 Å². The molecule has 0 heterocycles. The summed E-state index contributed by atoms with van der Waals surface area (Å²) >= 11 is 3.51. The molecule has 1 nitrogen and oxygen atoms in total. The van der Waals surface area contributed by atoms with Crippen LogP contribution in [0.1, 0.15) is 38.2 Å². The summed E-state index contributed by atoms with van der Waals surface area (Å²) in [5.74, 6) is 0.730. The van der Waals surface area contributed by atoms with E-state index in [9.17, 15) is 4.39 Å². The van der Waals surface area contributed by atoms with Gasteiger partial charge in [0.1, 0.15) is 5.82 Å². The smallest absolute Gasteiger partial charge is 0.123 e. The van der Waals surface area contributed by atoms with Gasteiger partial charge in [0.25, 0.3) is 0 Å². The molecule has 0 aliphatic heterocycles. The SMILES string of the molecule is CCNC(Cc1cc(F)ccc1Br)CC1CCC1. The van der Waals surface area contributed by atoms with Crippen LogP contribution in [0.25, 0.3) is 0 Å². The minimum absolute atomic E-state index is 0.146. The molecule has 2 rings (SSSR count). The van der Waals surface area contributed by atoms with Crippen molar-refractivity contribution in [2.24, 2.45) is 5.92 Å². The van der Waals surface area contributed by atoms with Crippen molar-refractivity contribution in [1.82, 2.24) is 5.32 Å². The summed E-state index contributed by atoms with van der Waals surface area (Å²) in [6.07, 6.45) is 6.24. The van der Waals surface area contributed by atoms with Crippen LogP contribution in [0, 0.1) is 11.7 Å². The number of benzene rings is 1. The lowest BCUT2D eigenvalue weighted by Gasteiger charge is -2.30. The topological polar surface area (TPSA) is 12.0 Å². The fourth-order valence-electron chi connectivity index (χ4n) is 2.62. The van der Waals surface area contributed by atoms with Crippen molar-refractivity contribution >= 4 is 15.9 Å². The highest BCUT2D eigenvalue weighted by Gasteiger charge is 2.22. The highest BCUT2D eigenvalue weighted by Crippen LogP contribution is 2.31. The minimum atomic E-state index is -0.146. The first kappa shape index (κ1) is 14.0. The zero-order chi connectivity index (χ0) is 13.0. The van der Waals surface area contributed by atoms with E-state index in [2.05, 4.69) is 28.2 Å². The van der Waals surface area contributed by atoms with E-state index in [4.69, 9.17) is 0 Å². The standard InChI is InChI=1S/C15H21BrFN/c1-2-18-14(8-11-4-3-5-11)10-12-9-13(17)6-7-15(12)16/h6-7,9,11,14,18H,2-5,8,10H2,1H3. The van der Waals surface area contributed by atoms with E-state index >= 15 is 0 Å². The van der Waals surface area contributed by atoms with Crippen LogP contribution in [-0.4, -0.2) is 12.6 Å². The predicted molar refractivity (Wildman–Crippen MR) is 77.2 cm³/mol. The molecule has 0 saturated heterocycles. The fourth-order valence-corrected chi connectivity index (χ4v) is 3.03. The second kappa shape index (κ2) is 6.67. The van der Waals surface area contributed by atoms with Crippen LogP contribution in [0.4, 0.5) is 4.39 Å². The third-order valence-corrected chi connectivity index (χ3v) is 4.58. The van der Waals surface area contributed by atoms with Crippen LogP contribution in [0.15, 0.2) is 22.7 Å². The second-order valence-corrected chi connectivity index (χ2v) is 6.08. The van der Waals surface area contributed by atoms with Crippen LogP contribution in [0.3, 0.4) is 0 Å². The Morgan fingerprint density at radius 3 is 2.83 bits per heavy atom. The second-order valence-electron chi connectivity index (χ2n) is 5.23. The Bertz CT molecular complexity index is 390. The molecule has 0 amide bonds. The van der Waals surface area contributed by atoms with Crippen molar-refractivity contribution in [1.29, 1.82) is 0 Å². The molecule has 1 unspecified atom stereocenters. The zero-order valence-corrected chi connectivity index (χ0v) is 12.5. The molecule has 1 aromatic rings. The molecule has 0 radical (unpaired) electrons. The summed E-state index contributed by atoms with van der Waals surface area (Å²) in [5.41, 5.74) is 1.07. The predicted octanol–water partition coefficient (Wildman–Crippen LogP) is 4.30. The monoisotopic (exact) mass is 313 g/mol. The minimum Gasteiger partial charge on any atom is -0.314 e. The van der Waals surface area contributed by atoms with Gasteiger partial charge < -0.3 is 5.32 Å². The summed E-state index contributed by atoms with van der Waals surface area (Å²) in [5, 5.41) is 3.53. The average molecular weight is 314 g/mol. The van der Waals surface area contributed by atoms with Gasteiger partial charge in [0.2, 0.25) is 0 Å². The number of halogens is 2. The third kappa shape index (κ3) is 3.79. The molecule has 1 aromatic carbocycles. The Balaban J connectivity index is 1.99. The zero-order valence-electron chi connectivity index (χ0n) is 10.9. The van der Waals surface area contributed by atoms with Crippen molar-refractivity contribution in [3.8, 4) is 0 Å². The van der Waals surface area contributed by atoms with Crippen LogP contribution in [0.2, 0.25) is 0 Å². The molecule has 1 aliphatic carbocycles. The van der Waals surface area contributed by atoms with Gasteiger partial charge in [-0.2, -0.15) is 0 Å². The Morgan fingerprint density at radius 2 is 2.22 bits per heavy atom. The molecular weight excluding hydrogens is 293 g/mol.